The monoisotopic (exact) mass is 444 g/mol. The van der Waals surface area contributed by atoms with Gasteiger partial charge < -0.3 is 15.5 Å². The van der Waals surface area contributed by atoms with Crippen LogP contribution in [0.2, 0.25) is 0 Å². The molecule has 0 unspecified atom stereocenters. The number of ether oxygens (including phenoxy) is 1. The number of aromatic amines is 1. The second kappa shape index (κ2) is 7.84. The van der Waals surface area contributed by atoms with Crippen molar-refractivity contribution in [2.45, 2.75) is 19.2 Å². The zero-order valence-corrected chi connectivity index (χ0v) is 16.4. The van der Waals surface area contributed by atoms with Crippen molar-refractivity contribution in [1.29, 1.82) is 0 Å². The van der Waals surface area contributed by atoms with Crippen LogP contribution in [0.1, 0.15) is 34.6 Å². The number of primary amides is 1. The minimum Gasteiger partial charge on any atom is -0.486 e. The molecule has 11 heteroatoms. The van der Waals surface area contributed by atoms with Gasteiger partial charge in [0.2, 0.25) is 0 Å². The summed E-state index contributed by atoms with van der Waals surface area (Å²) in [6.45, 7) is 1.80. The average Bonchev–Trinajstić information content (AvgIpc) is 3.21. The van der Waals surface area contributed by atoms with Gasteiger partial charge in [-0.15, -0.1) is 0 Å². The van der Waals surface area contributed by atoms with Gasteiger partial charge >= 0.3 is 6.18 Å². The average molecular weight is 444 g/mol. The molecule has 0 saturated heterocycles. The Hall–Kier alpha value is -4.15. The topological polar surface area (TPSA) is 124 Å². The van der Waals surface area contributed by atoms with Crippen molar-refractivity contribution in [1.82, 2.24) is 15.3 Å². The third-order valence-electron chi connectivity index (χ3n) is 4.82. The number of amides is 1. The number of halogens is 3. The van der Waals surface area contributed by atoms with E-state index in [1.165, 1.54) is 24.3 Å². The van der Waals surface area contributed by atoms with Crippen LogP contribution in [0.15, 0.2) is 58.0 Å². The smallest absolute Gasteiger partial charge is 0.431 e. The summed E-state index contributed by atoms with van der Waals surface area (Å²) in [5, 5.41) is 7.51. The summed E-state index contributed by atoms with van der Waals surface area (Å²) in [4.78, 5) is 24.9. The van der Waals surface area contributed by atoms with Gasteiger partial charge in [-0.3, -0.25) is 9.59 Å². The van der Waals surface area contributed by atoms with Gasteiger partial charge in [0.15, 0.2) is 0 Å². The number of hydrogen-bond acceptors (Lipinski definition) is 6. The van der Waals surface area contributed by atoms with Gasteiger partial charge in [-0.1, -0.05) is 18.2 Å². The number of carbonyl (C=O) groups excluding carboxylic acids is 1. The number of nitrogens with one attached hydrogen (secondary N) is 1. The fraction of sp³-hybridized carbons (Fsp3) is 0.143. The first-order valence-electron chi connectivity index (χ1n) is 9.27. The summed E-state index contributed by atoms with van der Waals surface area (Å²) < 4.78 is 50.9. The number of H-pyrrole nitrogens is 1. The second-order valence-electron chi connectivity index (χ2n) is 6.96. The van der Waals surface area contributed by atoms with Crippen molar-refractivity contribution in [2.24, 2.45) is 5.73 Å². The van der Waals surface area contributed by atoms with Crippen molar-refractivity contribution in [3.8, 4) is 16.9 Å². The molecule has 32 heavy (non-hydrogen) atoms. The van der Waals surface area contributed by atoms with E-state index in [0.29, 0.717) is 16.8 Å². The molecule has 4 rings (SSSR count). The maximum absolute atomic E-state index is 13.4. The number of fused-ring (bicyclic) bond motifs is 1. The Bertz CT molecular complexity index is 1360. The predicted octanol–water partition coefficient (Wildman–Crippen LogP) is 3.84. The van der Waals surface area contributed by atoms with E-state index in [-0.39, 0.29) is 11.1 Å². The highest BCUT2D eigenvalue weighted by Crippen LogP contribution is 2.36. The van der Waals surface area contributed by atoms with Crippen LogP contribution in [-0.2, 0) is 6.18 Å². The Balaban J connectivity index is 1.64. The SMILES string of the molecule is C[C@H](Oc1ccc(-c2cc(C(N)=O)c(=O)[nH]c2C(F)(F)F)cc1)c1ccc2nonc2c1. The number of aromatic nitrogens is 3. The molecular formula is C21H15F3N4O4. The highest BCUT2D eigenvalue weighted by atomic mass is 19.4. The van der Waals surface area contributed by atoms with Crippen molar-refractivity contribution in [3.63, 3.8) is 0 Å². The molecule has 1 atom stereocenters. The number of benzene rings is 2. The Morgan fingerprint density at radius 3 is 2.44 bits per heavy atom. The Labute approximate surface area is 177 Å². The molecule has 0 aliphatic heterocycles. The Kier molecular flexibility index (Phi) is 5.17. The third-order valence-corrected chi connectivity index (χ3v) is 4.82. The van der Waals surface area contributed by atoms with E-state index < -0.39 is 35.0 Å². The quantitative estimate of drug-likeness (QED) is 0.482. The number of nitrogens with zero attached hydrogens (tertiary/aromatic N) is 2. The van der Waals surface area contributed by atoms with Crippen LogP contribution in [-0.4, -0.2) is 21.2 Å². The highest BCUT2D eigenvalue weighted by molar-refractivity contribution is 5.94. The number of nitrogens with two attached hydrogens (primary N) is 1. The Morgan fingerprint density at radius 1 is 1.09 bits per heavy atom. The minimum atomic E-state index is -4.84. The van der Waals surface area contributed by atoms with Crippen LogP contribution in [0, 0.1) is 0 Å². The maximum Gasteiger partial charge on any atom is 0.431 e. The Morgan fingerprint density at radius 2 is 1.78 bits per heavy atom. The van der Waals surface area contributed by atoms with Crippen molar-refractivity contribution >= 4 is 16.9 Å². The van der Waals surface area contributed by atoms with Crippen molar-refractivity contribution < 1.29 is 27.3 Å². The van der Waals surface area contributed by atoms with Gasteiger partial charge in [-0.25, -0.2) is 4.63 Å². The molecular weight excluding hydrogens is 429 g/mol. The molecule has 0 aliphatic rings. The molecule has 0 aliphatic carbocycles. The first-order valence-corrected chi connectivity index (χ1v) is 9.27. The van der Waals surface area contributed by atoms with Crippen LogP contribution in [0.4, 0.5) is 13.2 Å². The molecule has 164 valence electrons. The number of hydrogen-bond donors (Lipinski definition) is 2. The lowest BCUT2D eigenvalue weighted by molar-refractivity contribution is -0.140. The molecule has 0 radical (unpaired) electrons. The zero-order valence-electron chi connectivity index (χ0n) is 16.4. The molecule has 4 aromatic rings. The van der Waals surface area contributed by atoms with Gasteiger partial charge in [0.25, 0.3) is 11.5 Å². The first kappa shape index (κ1) is 21.1. The molecule has 0 bridgehead atoms. The molecule has 3 N–H and O–H groups in total. The summed E-state index contributed by atoms with van der Waals surface area (Å²) >= 11 is 0. The normalized spacial score (nSPS) is 12.6. The lowest BCUT2D eigenvalue weighted by Crippen LogP contribution is -2.27. The van der Waals surface area contributed by atoms with E-state index in [4.69, 9.17) is 10.5 Å². The van der Waals surface area contributed by atoms with Gasteiger partial charge in [-0.2, -0.15) is 13.2 Å². The lowest BCUT2D eigenvalue weighted by atomic mass is 10.0. The van der Waals surface area contributed by atoms with Crippen LogP contribution >= 0.6 is 0 Å². The number of alkyl halides is 3. The fourth-order valence-electron chi connectivity index (χ4n) is 3.20. The van der Waals surface area contributed by atoms with Gasteiger partial charge in [0, 0.05) is 5.56 Å². The molecule has 0 spiro atoms. The van der Waals surface area contributed by atoms with Crippen LogP contribution in [0.3, 0.4) is 0 Å². The van der Waals surface area contributed by atoms with Crippen LogP contribution in [0.25, 0.3) is 22.2 Å². The van der Waals surface area contributed by atoms with Gasteiger partial charge in [0.1, 0.15) is 34.1 Å². The van der Waals surface area contributed by atoms with E-state index >= 15 is 0 Å². The largest absolute Gasteiger partial charge is 0.486 e. The highest BCUT2D eigenvalue weighted by Gasteiger charge is 2.36. The summed E-state index contributed by atoms with van der Waals surface area (Å²) in [7, 11) is 0. The lowest BCUT2D eigenvalue weighted by Gasteiger charge is -2.16. The number of rotatable bonds is 5. The van der Waals surface area contributed by atoms with E-state index in [2.05, 4.69) is 14.9 Å². The van der Waals surface area contributed by atoms with Crippen LogP contribution in [0.5, 0.6) is 5.75 Å². The molecule has 2 aromatic heterocycles. The molecule has 1 amide bonds. The number of carbonyl (C=O) groups is 1. The standard InChI is InChI=1S/C21H15F3N4O4/c1-10(12-4-7-16-17(8-12)28-32-27-16)31-13-5-2-11(3-6-13)14-9-15(19(25)29)20(30)26-18(14)21(22,23)24/h2-10H,1H3,(H2,25,29)(H,26,30)/t10-/m0/s1. The van der Waals surface area contributed by atoms with Crippen LogP contribution < -0.4 is 16.0 Å². The van der Waals surface area contributed by atoms with Gasteiger partial charge in [0.05, 0.1) is 0 Å². The molecule has 0 saturated carbocycles. The molecule has 0 fully saturated rings. The van der Waals surface area contributed by atoms with E-state index in [0.717, 1.165) is 11.6 Å². The molecule has 2 aromatic carbocycles. The predicted molar refractivity (Wildman–Crippen MR) is 107 cm³/mol. The molecule has 2 heterocycles. The third kappa shape index (κ3) is 4.04. The summed E-state index contributed by atoms with van der Waals surface area (Å²) in [6, 6.07) is 11.9. The van der Waals surface area contributed by atoms with Crippen molar-refractivity contribution in [3.05, 3.63) is 75.7 Å². The molecule has 8 nitrogen and oxygen atoms in total. The summed E-state index contributed by atoms with van der Waals surface area (Å²) in [5.74, 6) is -0.734. The van der Waals surface area contributed by atoms with E-state index in [9.17, 15) is 22.8 Å². The minimum absolute atomic E-state index is 0.117. The van der Waals surface area contributed by atoms with Crippen molar-refractivity contribution in [2.75, 3.05) is 0 Å². The van der Waals surface area contributed by atoms with E-state index in [1.807, 2.05) is 0 Å². The summed E-state index contributed by atoms with van der Waals surface area (Å²) in [5.41, 5.74) is 3.75. The first-order chi connectivity index (χ1) is 15.1. The number of pyridine rings is 1. The summed E-state index contributed by atoms with van der Waals surface area (Å²) in [6.07, 6.45) is -5.24. The zero-order chi connectivity index (χ0) is 23.0. The second-order valence-corrected chi connectivity index (χ2v) is 6.96. The fourth-order valence-corrected chi connectivity index (χ4v) is 3.20. The van der Waals surface area contributed by atoms with E-state index in [1.54, 1.807) is 30.1 Å². The van der Waals surface area contributed by atoms with Gasteiger partial charge in [-0.05, 0) is 58.7 Å². The maximum atomic E-state index is 13.4.